The molecule has 9 heteroatoms. The summed E-state index contributed by atoms with van der Waals surface area (Å²) in [6, 6.07) is 10.8. The van der Waals surface area contributed by atoms with Crippen LogP contribution in [-0.2, 0) is 6.18 Å². The quantitative estimate of drug-likeness (QED) is 0.656. The maximum absolute atomic E-state index is 12.9. The molecular weight excluding hydrogens is 421 g/mol. The Labute approximate surface area is 182 Å². The van der Waals surface area contributed by atoms with Crippen LogP contribution in [0.5, 0.6) is 11.6 Å². The van der Waals surface area contributed by atoms with Gasteiger partial charge < -0.3 is 15.4 Å². The summed E-state index contributed by atoms with van der Waals surface area (Å²) in [4.78, 5) is 23.0. The van der Waals surface area contributed by atoms with Crippen molar-refractivity contribution in [2.75, 3.05) is 13.1 Å². The standard InChI is InChI=1S/C23H21F3N4O2/c24-23(25,26)15-3-8-21(28-10-15)32-16-4-7-19-13(9-16)2-6-20(29-19)22(31)30-11-14-1-5-18(27)17(14)12-30/h2-4,6-10,14,17-18H,1,5,11-12,27H2/t14-,17+,18+/m1/s1. The molecule has 5 rings (SSSR count). The molecular formula is C23H21F3N4O2. The van der Waals surface area contributed by atoms with Crippen LogP contribution in [0.15, 0.2) is 48.7 Å². The highest BCUT2D eigenvalue weighted by Crippen LogP contribution is 2.37. The Kier molecular flexibility index (Phi) is 5.00. The van der Waals surface area contributed by atoms with Crippen molar-refractivity contribution in [1.29, 1.82) is 0 Å². The third kappa shape index (κ3) is 3.88. The Bertz CT molecular complexity index is 1170. The van der Waals surface area contributed by atoms with Crippen molar-refractivity contribution in [3.8, 4) is 11.6 Å². The summed E-state index contributed by atoms with van der Waals surface area (Å²) in [7, 11) is 0. The molecule has 0 unspecified atom stereocenters. The van der Waals surface area contributed by atoms with Gasteiger partial charge in [0.1, 0.15) is 11.4 Å². The number of carbonyl (C=O) groups excluding carboxylic acids is 1. The summed E-state index contributed by atoms with van der Waals surface area (Å²) >= 11 is 0. The molecule has 3 aromatic rings. The van der Waals surface area contributed by atoms with Gasteiger partial charge in [0.25, 0.3) is 5.91 Å². The van der Waals surface area contributed by atoms with Gasteiger partial charge in [-0.05, 0) is 55.0 Å². The molecule has 1 saturated heterocycles. The zero-order valence-corrected chi connectivity index (χ0v) is 17.0. The Balaban J connectivity index is 1.31. The fraction of sp³-hybridized carbons (Fsp3) is 0.348. The van der Waals surface area contributed by atoms with Gasteiger partial charge in [0.05, 0.1) is 11.1 Å². The van der Waals surface area contributed by atoms with Crippen molar-refractivity contribution in [2.45, 2.75) is 25.1 Å². The zero-order valence-electron chi connectivity index (χ0n) is 17.0. The molecule has 2 fully saturated rings. The van der Waals surface area contributed by atoms with Crippen molar-refractivity contribution in [3.05, 3.63) is 59.9 Å². The minimum absolute atomic E-state index is 0.0508. The van der Waals surface area contributed by atoms with Crippen LogP contribution in [0.25, 0.3) is 10.9 Å². The second-order valence-corrected chi connectivity index (χ2v) is 8.41. The molecule has 2 aliphatic rings. The maximum atomic E-state index is 12.9. The van der Waals surface area contributed by atoms with Crippen LogP contribution in [0, 0.1) is 11.8 Å². The highest BCUT2D eigenvalue weighted by molar-refractivity contribution is 5.95. The van der Waals surface area contributed by atoms with Crippen LogP contribution in [0.3, 0.4) is 0 Å². The molecule has 1 saturated carbocycles. The number of amides is 1. The first kappa shape index (κ1) is 20.7. The fourth-order valence-electron chi connectivity index (χ4n) is 4.65. The van der Waals surface area contributed by atoms with E-state index in [2.05, 4.69) is 9.97 Å². The molecule has 166 valence electrons. The minimum Gasteiger partial charge on any atom is -0.439 e. The maximum Gasteiger partial charge on any atom is 0.417 e. The molecule has 0 bridgehead atoms. The van der Waals surface area contributed by atoms with Crippen LogP contribution in [0.2, 0.25) is 0 Å². The van der Waals surface area contributed by atoms with Crippen LogP contribution in [-0.4, -0.2) is 39.9 Å². The second kappa shape index (κ2) is 7.74. The number of alkyl halides is 3. The molecule has 1 aromatic carbocycles. The summed E-state index contributed by atoms with van der Waals surface area (Å²) in [5.74, 6) is 1.22. The lowest BCUT2D eigenvalue weighted by Gasteiger charge is -2.18. The number of rotatable bonds is 3. The molecule has 2 aromatic heterocycles. The van der Waals surface area contributed by atoms with E-state index in [9.17, 15) is 18.0 Å². The molecule has 0 spiro atoms. The predicted molar refractivity (Wildman–Crippen MR) is 111 cm³/mol. The Morgan fingerprint density at radius 2 is 1.94 bits per heavy atom. The smallest absolute Gasteiger partial charge is 0.417 e. The van der Waals surface area contributed by atoms with Crippen molar-refractivity contribution in [3.63, 3.8) is 0 Å². The SMILES string of the molecule is N[C@H]1CC[C@@H]2CN(C(=O)c3ccc4cc(Oc5ccc(C(F)(F)F)cn5)ccc4n3)C[C@@H]21. The molecule has 2 N–H and O–H groups in total. The van der Waals surface area contributed by atoms with Gasteiger partial charge >= 0.3 is 6.18 Å². The normalized spacial score (nSPS) is 22.9. The van der Waals surface area contributed by atoms with E-state index < -0.39 is 11.7 Å². The summed E-state index contributed by atoms with van der Waals surface area (Å²) < 4.78 is 43.6. The zero-order chi connectivity index (χ0) is 22.5. The largest absolute Gasteiger partial charge is 0.439 e. The lowest BCUT2D eigenvalue weighted by atomic mass is 9.98. The second-order valence-electron chi connectivity index (χ2n) is 8.41. The van der Waals surface area contributed by atoms with Crippen molar-refractivity contribution in [2.24, 2.45) is 17.6 Å². The molecule has 3 atom stereocenters. The molecule has 1 aliphatic heterocycles. The van der Waals surface area contributed by atoms with Gasteiger partial charge in [0, 0.05) is 36.8 Å². The third-order valence-corrected chi connectivity index (χ3v) is 6.37. The van der Waals surface area contributed by atoms with E-state index in [4.69, 9.17) is 10.5 Å². The summed E-state index contributed by atoms with van der Waals surface area (Å²) in [5, 5.41) is 0.742. The first-order valence-corrected chi connectivity index (χ1v) is 10.4. The van der Waals surface area contributed by atoms with Crippen LogP contribution < -0.4 is 10.5 Å². The van der Waals surface area contributed by atoms with Crippen LogP contribution >= 0.6 is 0 Å². The fourth-order valence-corrected chi connectivity index (χ4v) is 4.65. The number of fused-ring (bicyclic) bond motifs is 2. The molecule has 32 heavy (non-hydrogen) atoms. The Morgan fingerprint density at radius 3 is 2.66 bits per heavy atom. The first-order valence-electron chi connectivity index (χ1n) is 10.4. The van der Waals surface area contributed by atoms with Crippen molar-refractivity contribution < 1.29 is 22.7 Å². The van der Waals surface area contributed by atoms with E-state index >= 15 is 0 Å². The van der Waals surface area contributed by atoms with Gasteiger partial charge in [0.15, 0.2) is 0 Å². The summed E-state index contributed by atoms with van der Waals surface area (Å²) in [6.07, 6.45) is -1.63. The van der Waals surface area contributed by atoms with Gasteiger partial charge in [0.2, 0.25) is 5.88 Å². The number of hydrogen-bond acceptors (Lipinski definition) is 5. The number of benzene rings is 1. The van der Waals surface area contributed by atoms with Gasteiger partial charge in [-0.1, -0.05) is 6.07 Å². The number of pyridine rings is 2. The van der Waals surface area contributed by atoms with Gasteiger partial charge in [-0.25, -0.2) is 9.97 Å². The number of carbonyl (C=O) groups is 1. The molecule has 1 amide bonds. The molecule has 0 radical (unpaired) electrons. The van der Waals surface area contributed by atoms with Gasteiger partial charge in [-0.15, -0.1) is 0 Å². The van der Waals surface area contributed by atoms with Crippen molar-refractivity contribution in [1.82, 2.24) is 14.9 Å². The van der Waals surface area contributed by atoms with E-state index in [1.165, 1.54) is 6.07 Å². The first-order chi connectivity index (χ1) is 15.3. The Morgan fingerprint density at radius 1 is 1.09 bits per heavy atom. The third-order valence-electron chi connectivity index (χ3n) is 6.37. The minimum atomic E-state index is -4.45. The molecule has 1 aliphatic carbocycles. The number of nitrogens with two attached hydrogens (primary N) is 1. The summed E-state index contributed by atoms with van der Waals surface area (Å²) in [5.41, 5.74) is 6.34. The van der Waals surface area contributed by atoms with Gasteiger partial charge in [-0.3, -0.25) is 4.79 Å². The van der Waals surface area contributed by atoms with E-state index in [1.54, 1.807) is 30.3 Å². The topological polar surface area (TPSA) is 81.3 Å². The number of likely N-dealkylation sites (tertiary alicyclic amines) is 1. The monoisotopic (exact) mass is 442 g/mol. The number of nitrogens with zero attached hydrogens (tertiary/aromatic N) is 3. The number of aromatic nitrogens is 2. The lowest BCUT2D eigenvalue weighted by molar-refractivity contribution is -0.137. The number of ether oxygens (including phenoxy) is 1. The summed E-state index contributed by atoms with van der Waals surface area (Å²) in [6.45, 7) is 1.40. The highest BCUT2D eigenvalue weighted by atomic mass is 19.4. The molecule has 6 nitrogen and oxygen atoms in total. The average Bonchev–Trinajstić information content (AvgIpc) is 3.35. The van der Waals surface area contributed by atoms with E-state index in [0.29, 0.717) is 35.3 Å². The van der Waals surface area contributed by atoms with E-state index in [-0.39, 0.29) is 17.8 Å². The Hall–Kier alpha value is -3.20. The highest BCUT2D eigenvalue weighted by Gasteiger charge is 2.42. The van der Waals surface area contributed by atoms with Crippen LogP contribution in [0.1, 0.15) is 28.9 Å². The number of hydrogen-bond donors (Lipinski definition) is 1. The lowest BCUT2D eigenvalue weighted by Crippen LogP contribution is -2.33. The number of halogens is 3. The molecule has 3 heterocycles. The van der Waals surface area contributed by atoms with Crippen LogP contribution in [0.4, 0.5) is 13.2 Å². The van der Waals surface area contributed by atoms with E-state index in [0.717, 1.165) is 37.0 Å². The van der Waals surface area contributed by atoms with E-state index in [1.807, 2.05) is 4.90 Å². The van der Waals surface area contributed by atoms with Gasteiger partial charge in [-0.2, -0.15) is 13.2 Å². The van der Waals surface area contributed by atoms with Crippen molar-refractivity contribution >= 4 is 16.8 Å². The predicted octanol–water partition coefficient (Wildman–Crippen LogP) is 4.25. The average molecular weight is 442 g/mol.